The molecule has 1 aliphatic rings. The van der Waals surface area contributed by atoms with E-state index in [1.54, 1.807) is 6.08 Å². The Bertz CT molecular complexity index is 478. The summed E-state index contributed by atoms with van der Waals surface area (Å²) in [6.45, 7) is 6.41. The highest BCUT2D eigenvalue weighted by atomic mass is 32.1. The van der Waals surface area contributed by atoms with Crippen LogP contribution in [-0.4, -0.2) is 17.3 Å². The van der Waals surface area contributed by atoms with Gasteiger partial charge in [-0.25, -0.2) is 0 Å². The Kier molecular flexibility index (Phi) is 5.62. The van der Waals surface area contributed by atoms with Crippen LogP contribution in [0, 0.1) is 0 Å². The van der Waals surface area contributed by atoms with Gasteiger partial charge in [0.25, 0.3) is 0 Å². The molecule has 1 aromatic rings. The smallest absolute Gasteiger partial charge is 0.171 e. The van der Waals surface area contributed by atoms with Gasteiger partial charge in [0.2, 0.25) is 0 Å². The fraction of sp³-hybridized carbons (Fsp3) is 0.471. The molecule has 21 heavy (non-hydrogen) atoms. The summed E-state index contributed by atoms with van der Waals surface area (Å²) in [6, 6.07) is 7.79. The van der Waals surface area contributed by atoms with Crippen LogP contribution < -0.4 is 15.4 Å². The third-order valence-corrected chi connectivity index (χ3v) is 4.06. The van der Waals surface area contributed by atoms with Crippen molar-refractivity contribution in [1.82, 2.24) is 5.32 Å². The number of ether oxygens (including phenoxy) is 1. The van der Waals surface area contributed by atoms with Crippen LogP contribution in [0.3, 0.4) is 0 Å². The maximum absolute atomic E-state index is 5.46. The zero-order valence-corrected chi connectivity index (χ0v) is 13.5. The van der Waals surface area contributed by atoms with E-state index in [0.717, 1.165) is 11.4 Å². The molecular weight excluding hydrogens is 280 g/mol. The van der Waals surface area contributed by atoms with Gasteiger partial charge in [0.15, 0.2) is 5.11 Å². The van der Waals surface area contributed by atoms with Crippen LogP contribution >= 0.6 is 12.2 Å². The maximum atomic E-state index is 5.46. The molecule has 1 fully saturated rings. The lowest BCUT2D eigenvalue weighted by Crippen LogP contribution is -2.48. The van der Waals surface area contributed by atoms with E-state index in [-0.39, 0.29) is 5.54 Å². The molecule has 1 aliphatic carbocycles. The van der Waals surface area contributed by atoms with Gasteiger partial charge in [-0.1, -0.05) is 31.9 Å². The molecule has 0 aliphatic heterocycles. The molecule has 0 spiro atoms. The van der Waals surface area contributed by atoms with Gasteiger partial charge < -0.3 is 15.4 Å². The zero-order valence-electron chi connectivity index (χ0n) is 12.7. The van der Waals surface area contributed by atoms with Crippen molar-refractivity contribution in [2.24, 2.45) is 0 Å². The molecule has 0 atom stereocenters. The lowest BCUT2D eigenvalue weighted by Gasteiger charge is -2.35. The van der Waals surface area contributed by atoms with Crippen LogP contribution in [0.2, 0.25) is 0 Å². The SMILES string of the molecule is C=CCOc1ccc(NC(=S)NC2(C)CCCCC2)cc1. The number of hydrogen-bond acceptors (Lipinski definition) is 2. The molecule has 114 valence electrons. The summed E-state index contributed by atoms with van der Waals surface area (Å²) < 4.78 is 5.46. The van der Waals surface area contributed by atoms with Crippen LogP contribution in [0.25, 0.3) is 0 Å². The summed E-state index contributed by atoms with van der Waals surface area (Å²) in [7, 11) is 0. The predicted octanol–water partition coefficient (Wildman–Crippen LogP) is 4.26. The minimum Gasteiger partial charge on any atom is -0.490 e. The molecule has 1 aromatic carbocycles. The number of rotatable bonds is 5. The molecule has 0 unspecified atom stereocenters. The molecule has 0 radical (unpaired) electrons. The third kappa shape index (κ3) is 5.05. The molecule has 1 saturated carbocycles. The highest BCUT2D eigenvalue weighted by Gasteiger charge is 2.27. The van der Waals surface area contributed by atoms with Gasteiger partial charge in [0, 0.05) is 11.2 Å². The van der Waals surface area contributed by atoms with Crippen LogP contribution in [-0.2, 0) is 0 Å². The van der Waals surface area contributed by atoms with Gasteiger partial charge in [-0.3, -0.25) is 0 Å². The fourth-order valence-corrected chi connectivity index (χ4v) is 3.05. The van der Waals surface area contributed by atoms with E-state index in [1.807, 2.05) is 24.3 Å². The molecule has 2 N–H and O–H groups in total. The normalized spacial score (nSPS) is 16.8. The van der Waals surface area contributed by atoms with E-state index in [4.69, 9.17) is 17.0 Å². The summed E-state index contributed by atoms with van der Waals surface area (Å²) in [6.07, 6.45) is 7.99. The Labute approximate surface area is 132 Å². The molecular formula is C17H24N2OS. The van der Waals surface area contributed by atoms with E-state index in [9.17, 15) is 0 Å². The molecule has 0 aromatic heterocycles. The third-order valence-electron chi connectivity index (χ3n) is 3.85. The van der Waals surface area contributed by atoms with Crippen LogP contribution in [0.1, 0.15) is 39.0 Å². The second-order valence-corrected chi connectivity index (χ2v) is 6.23. The van der Waals surface area contributed by atoms with E-state index >= 15 is 0 Å². The molecule has 0 amide bonds. The first-order valence-electron chi connectivity index (χ1n) is 7.54. The van der Waals surface area contributed by atoms with Crippen molar-refractivity contribution in [3.05, 3.63) is 36.9 Å². The Balaban J connectivity index is 1.85. The summed E-state index contributed by atoms with van der Waals surface area (Å²) in [5.41, 5.74) is 1.10. The Morgan fingerprint density at radius 1 is 1.29 bits per heavy atom. The number of hydrogen-bond donors (Lipinski definition) is 2. The lowest BCUT2D eigenvalue weighted by molar-refractivity contribution is 0.292. The molecule has 4 heteroatoms. The molecule has 2 rings (SSSR count). The second-order valence-electron chi connectivity index (χ2n) is 5.82. The lowest BCUT2D eigenvalue weighted by atomic mass is 9.83. The first-order chi connectivity index (χ1) is 10.1. The van der Waals surface area contributed by atoms with Crippen LogP contribution in [0.5, 0.6) is 5.75 Å². The van der Waals surface area contributed by atoms with Gasteiger partial charge in [-0.15, -0.1) is 0 Å². The van der Waals surface area contributed by atoms with Crippen molar-refractivity contribution in [2.45, 2.75) is 44.6 Å². The summed E-state index contributed by atoms with van der Waals surface area (Å²) in [5.74, 6) is 0.832. The van der Waals surface area contributed by atoms with Gasteiger partial charge >= 0.3 is 0 Å². The van der Waals surface area contributed by atoms with Gasteiger partial charge in [-0.2, -0.15) is 0 Å². The van der Waals surface area contributed by atoms with Gasteiger partial charge in [0.05, 0.1) is 0 Å². The average molecular weight is 304 g/mol. The van der Waals surface area contributed by atoms with Crippen molar-refractivity contribution >= 4 is 23.0 Å². The van der Waals surface area contributed by atoms with Crippen LogP contribution in [0.4, 0.5) is 5.69 Å². The van der Waals surface area contributed by atoms with Crippen molar-refractivity contribution in [3.63, 3.8) is 0 Å². The van der Waals surface area contributed by atoms with E-state index in [2.05, 4.69) is 24.1 Å². The quantitative estimate of drug-likeness (QED) is 0.629. The maximum Gasteiger partial charge on any atom is 0.171 e. The van der Waals surface area contributed by atoms with E-state index in [1.165, 1.54) is 32.1 Å². The Morgan fingerprint density at radius 2 is 1.95 bits per heavy atom. The Morgan fingerprint density at radius 3 is 2.57 bits per heavy atom. The number of benzene rings is 1. The second kappa shape index (κ2) is 7.46. The predicted molar refractivity (Wildman–Crippen MR) is 93.0 cm³/mol. The summed E-state index contributed by atoms with van der Waals surface area (Å²) in [5, 5.41) is 7.40. The molecule has 3 nitrogen and oxygen atoms in total. The van der Waals surface area contributed by atoms with E-state index < -0.39 is 0 Å². The highest BCUT2D eigenvalue weighted by Crippen LogP contribution is 2.27. The topological polar surface area (TPSA) is 33.3 Å². The molecule has 0 saturated heterocycles. The number of nitrogens with one attached hydrogen (secondary N) is 2. The molecule has 0 heterocycles. The Hall–Kier alpha value is -1.55. The van der Waals surface area contributed by atoms with Crippen molar-refractivity contribution < 1.29 is 4.74 Å². The van der Waals surface area contributed by atoms with Crippen LogP contribution in [0.15, 0.2) is 36.9 Å². The minimum absolute atomic E-state index is 0.134. The van der Waals surface area contributed by atoms with Crippen molar-refractivity contribution in [1.29, 1.82) is 0 Å². The minimum atomic E-state index is 0.134. The van der Waals surface area contributed by atoms with Crippen molar-refractivity contribution in [2.75, 3.05) is 11.9 Å². The van der Waals surface area contributed by atoms with Gasteiger partial charge in [-0.05, 0) is 56.2 Å². The van der Waals surface area contributed by atoms with Gasteiger partial charge in [0.1, 0.15) is 12.4 Å². The standard InChI is InChI=1S/C17H24N2OS/c1-3-13-20-15-9-7-14(8-10-15)18-16(21)19-17(2)11-5-4-6-12-17/h3,7-10H,1,4-6,11-13H2,2H3,(H2,18,19,21). The zero-order chi connectivity index (χ0) is 15.1. The monoisotopic (exact) mass is 304 g/mol. The molecule has 0 bridgehead atoms. The first kappa shape index (κ1) is 15.8. The largest absolute Gasteiger partial charge is 0.490 e. The highest BCUT2D eigenvalue weighted by molar-refractivity contribution is 7.80. The average Bonchev–Trinajstić information content (AvgIpc) is 2.46. The summed E-state index contributed by atoms with van der Waals surface area (Å²) >= 11 is 5.42. The fourth-order valence-electron chi connectivity index (χ4n) is 2.68. The van der Waals surface area contributed by atoms with E-state index in [0.29, 0.717) is 11.7 Å². The number of anilines is 1. The van der Waals surface area contributed by atoms with Crippen molar-refractivity contribution in [3.8, 4) is 5.75 Å². The summed E-state index contributed by atoms with van der Waals surface area (Å²) in [4.78, 5) is 0. The first-order valence-corrected chi connectivity index (χ1v) is 7.95. The number of thiocarbonyl (C=S) groups is 1.